The van der Waals surface area contributed by atoms with Crippen molar-refractivity contribution in [3.05, 3.63) is 41.5 Å². The van der Waals surface area contributed by atoms with Gasteiger partial charge < -0.3 is 5.32 Å². The largest absolute Gasteiger partial charge is 0.313 e. The van der Waals surface area contributed by atoms with Gasteiger partial charge in [0.25, 0.3) is 0 Å². The van der Waals surface area contributed by atoms with E-state index >= 15 is 0 Å². The summed E-state index contributed by atoms with van der Waals surface area (Å²) < 4.78 is 15.8. The van der Waals surface area contributed by atoms with Crippen molar-refractivity contribution in [2.24, 2.45) is 0 Å². The lowest BCUT2D eigenvalue weighted by Crippen LogP contribution is -2.11. The van der Waals surface area contributed by atoms with E-state index in [0.717, 1.165) is 36.5 Å². The Hall–Kier alpha value is -1.68. The monoisotopic (exact) mass is 261 g/mol. The predicted molar refractivity (Wildman–Crippen MR) is 75.4 cm³/mol. The highest BCUT2D eigenvalue weighted by atomic mass is 19.1. The van der Waals surface area contributed by atoms with Crippen LogP contribution in [0.15, 0.2) is 24.4 Å². The van der Waals surface area contributed by atoms with Gasteiger partial charge in [0.1, 0.15) is 5.82 Å². The molecule has 0 atom stereocenters. The minimum atomic E-state index is -0.195. The summed E-state index contributed by atoms with van der Waals surface area (Å²) in [6.45, 7) is 8.44. The molecule has 1 N–H and O–H groups in total. The summed E-state index contributed by atoms with van der Waals surface area (Å²) in [6, 6.07) is 5.26. The quantitative estimate of drug-likeness (QED) is 0.896. The minimum absolute atomic E-state index is 0.195. The predicted octanol–water partition coefficient (Wildman–Crippen LogP) is 3.13. The summed E-state index contributed by atoms with van der Waals surface area (Å²) in [5.74, 6) is -0.195. The third-order valence-electron chi connectivity index (χ3n) is 3.17. The second kappa shape index (κ2) is 5.97. The van der Waals surface area contributed by atoms with Gasteiger partial charge in [0.15, 0.2) is 0 Å². The second-order valence-corrected chi connectivity index (χ2v) is 4.58. The van der Waals surface area contributed by atoms with E-state index in [2.05, 4.69) is 17.3 Å². The van der Waals surface area contributed by atoms with Crippen molar-refractivity contribution in [2.45, 2.75) is 33.9 Å². The average molecular weight is 261 g/mol. The van der Waals surface area contributed by atoms with Gasteiger partial charge in [0, 0.05) is 30.4 Å². The minimum Gasteiger partial charge on any atom is -0.313 e. The van der Waals surface area contributed by atoms with Crippen molar-refractivity contribution < 1.29 is 4.39 Å². The number of benzene rings is 1. The third kappa shape index (κ3) is 3.01. The molecule has 0 saturated carbocycles. The van der Waals surface area contributed by atoms with Gasteiger partial charge in [-0.1, -0.05) is 13.0 Å². The van der Waals surface area contributed by atoms with Crippen LogP contribution >= 0.6 is 0 Å². The zero-order chi connectivity index (χ0) is 13.8. The van der Waals surface area contributed by atoms with E-state index in [1.165, 1.54) is 6.07 Å². The highest BCUT2D eigenvalue weighted by Gasteiger charge is 2.12. The molecule has 0 radical (unpaired) electrons. The molecule has 1 aromatic carbocycles. The molecule has 4 heteroatoms. The Kier molecular flexibility index (Phi) is 4.32. The van der Waals surface area contributed by atoms with Crippen LogP contribution in [0.25, 0.3) is 11.1 Å². The summed E-state index contributed by atoms with van der Waals surface area (Å²) in [5.41, 5.74) is 3.45. The van der Waals surface area contributed by atoms with Gasteiger partial charge in [-0.15, -0.1) is 0 Å². The first-order valence-corrected chi connectivity index (χ1v) is 6.69. The molecule has 0 saturated heterocycles. The maximum Gasteiger partial charge on any atom is 0.131 e. The van der Waals surface area contributed by atoms with E-state index in [4.69, 9.17) is 0 Å². The molecular formula is C15H20FN3. The van der Waals surface area contributed by atoms with Crippen LogP contribution in [-0.4, -0.2) is 16.3 Å². The summed E-state index contributed by atoms with van der Waals surface area (Å²) in [4.78, 5) is 0. The van der Waals surface area contributed by atoms with Gasteiger partial charge in [-0.2, -0.15) is 5.10 Å². The van der Waals surface area contributed by atoms with Crippen LogP contribution in [0.5, 0.6) is 0 Å². The van der Waals surface area contributed by atoms with Crippen LogP contribution in [0.3, 0.4) is 0 Å². The Balaban J connectivity index is 2.39. The molecule has 3 nitrogen and oxygen atoms in total. The van der Waals surface area contributed by atoms with Crippen molar-refractivity contribution in [2.75, 3.05) is 6.54 Å². The lowest BCUT2D eigenvalue weighted by Gasteiger charge is -2.06. The molecule has 0 fully saturated rings. The average Bonchev–Trinajstić information content (AvgIpc) is 2.79. The molecule has 0 aliphatic rings. The van der Waals surface area contributed by atoms with Gasteiger partial charge in [-0.3, -0.25) is 4.68 Å². The van der Waals surface area contributed by atoms with E-state index in [-0.39, 0.29) is 5.82 Å². The molecule has 1 heterocycles. The first-order valence-electron chi connectivity index (χ1n) is 6.69. The molecule has 19 heavy (non-hydrogen) atoms. The van der Waals surface area contributed by atoms with Crippen LogP contribution < -0.4 is 5.32 Å². The molecule has 0 spiro atoms. The summed E-state index contributed by atoms with van der Waals surface area (Å²) in [5, 5.41) is 7.62. The number of aryl methyl sites for hydroxylation is 2. The van der Waals surface area contributed by atoms with E-state index in [9.17, 15) is 4.39 Å². The number of nitrogens with one attached hydrogen (secondary N) is 1. The maximum atomic E-state index is 14.0. The third-order valence-corrected chi connectivity index (χ3v) is 3.17. The lowest BCUT2D eigenvalue weighted by molar-refractivity contribution is 0.629. The Morgan fingerprint density at radius 3 is 2.68 bits per heavy atom. The van der Waals surface area contributed by atoms with E-state index in [1.807, 2.05) is 36.9 Å². The highest BCUT2D eigenvalue weighted by molar-refractivity contribution is 5.66. The zero-order valence-corrected chi connectivity index (χ0v) is 11.7. The first-order chi connectivity index (χ1) is 9.15. The van der Waals surface area contributed by atoms with Gasteiger partial charge in [-0.25, -0.2) is 4.39 Å². The molecule has 2 rings (SSSR count). The van der Waals surface area contributed by atoms with Crippen LogP contribution in [0, 0.1) is 12.7 Å². The smallest absolute Gasteiger partial charge is 0.131 e. The van der Waals surface area contributed by atoms with E-state index in [1.54, 1.807) is 0 Å². The number of halogens is 1. The van der Waals surface area contributed by atoms with Crippen molar-refractivity contribution in [1.29, 1.82) is 0 Å². The fourth-order valence-electron chi connectivity index (χ4n) is 2.10. The second-order valence-electron chi connectivity index (χ2n) is 4.58. The number of aromatic nitrogens is 2. The molecule has 1 aromatic heterocycles. The Morgan fingerprint density at radius 2 is 2.05 bits per heavy atom. The Labute approximate surface area is 113 Å². The van der Waals surface area contributed by atoms with Crippen molar-refractivity contribution >= 4 is 0 Å². The van der Waals surface area contributed by atoms with Gasteiger partial charge in [0.05, 0.1) is 5.69 Å². The number of rotatable bonds is 5. The number of hydrogen-bond donors (Lipinski definition) is 1. The lowest BCUT2D eigenvalue weighted by atomic mass is 10.0. The van der Waals surface area contributed by atoms with Gasteiger partial charge in [-0.05, 0) is 38.1 Å². The molecule has 2 aromatic rings. The summed E-state index contributed by atoms with van der Waals surface area (Å²) >= 11 is 0. The molecule has 0 aliphatic carbocycles. The molecule has 0 unspecified atom stereocenters. The molecule has 0 bridgehead atoms. The molecular weight excluding hydrogens is 241 g/mol. The van der Waals surface area contributed by atoms with Gasteiger partial charge in [0.2, 0.25) is 0 Å². The van der Waals surface area contributed by atoms with Crippen LogP contribution in [0.4, 0.5) is 4.39 Å². The van der Waals surface area contributed by atoms with Crippen LogP contribution in [-0.2, 0) is 13.1 Å². The first kappa shape index (κ1) is 13.7. The number of hydrogen-bond acceptors (Lipinski definition) is 2. The van der Waals surface area contributed by atoms with E-state index in [0.29, 0.717) is 5.56 Å². The topological polar surface area (TPSA) is 29.9 Å². The normalized spacial score (nSPS) is 10.9. The Bertz CT molecular complexity index is 561. The summed E-state index contributed by atoms with van der Waals surface area (Å²) in [7, 11) is 0. The van der Waals surface area contributed by atoms with Gasteiger partial charge >= 0.3 is 0 Å². The molecule has 102 valence electrons. The van der Waals surface area contributed by atoms with Crippen LogP contribution in [0.1, 0.15) is 25.1 Å². The van der Waals surface area contributed by atoms with Crippen molar-refractivity contribution in [3.8, 4) is 11.1 Å². The van der Waals surface area contributed by atoms with Crippen LogP contribution in [0.2, 0.25) is 0 Å². The SMILES string of the molecule is CCNCc1ccc(F)c(-c2cn(CC)nc2C)c1. The molecule has 0 amide bonds. The highest BCUT2D eigenvalue weighted by Crippen LogP contribution is 2.26. The van der Waals surface area contributed by atoms with E-state index < -0.39 is 0 Å². The summed E-state index contributed by atoms with van der Waals surface area (Å²) in [6.07, 6.45) is 1.91. The fourth-order valence-corrected chi connectivity index (χ4v) is 2.10. The fraction of sp³-hybridized carbons (Fsp3) is 0.400. The maximum absolute atomic E-state index is 14.0. The molecule has 0 aliphatic heterocycles. The standard InChI is InChI=1S/C15H20FN3/c1-4-17-9-12-6-7-15(16)13(8-12)14-10-19(5-2)18-11(14)3/h6-8,10,17H,4-5,9H2,1-3H3. The van der Waals surface area contributed by atoms with Crippen molar-refractivity contribution in [1.82, 2.24) is 15.1 Å². The Morgan fingerprint density at radius 1 is 1.26 bits per heavy atom. The van der Waals surface area contributed by atoms with Crippen molar-refractivity contribution in [3.63, 3.8) is 0 Å². The zero-order valence-electron chi connectivity index (χ0n) is 11.7. The number of nitrogens with zero attached hydrogens (tertiary/aromatic N) is 2.